The van der Waals surface area contributed by atoms with E-state index in [1.165, 1.54) is 16.7 Å². The van der Waals surface area contributed by atoms with Gasteiger partial charge in [-0.05, 0) is 39.2 Å². The van der Waals surface area contributed by atoms with E-state index in [1.54, 1.807) is 20.8 Å². The first-order chi connectivity index (χ1) is 12.2. The zero-order valence-electron chi connectivity index (χ0n) is 15.1. The fourth-order valence-corrected chi connectivity index (χ4v) is 4.40. The second kappa shape index (κ2) is 7.21. The highest BCUT2D eigenvalue weighted by atomic mass is 32.2. The van der Waals surface area contributed by atoms with Crippen molar-refractivity contribution in [2.75, 3.05) is 19.2 Å². The molecule has 1 amide bonds. The molecule has 0 bridgehead atoms. The molecule has 3 aliphatic heterocycles. The van der Waals surface area contributed by atoms with Gasteiger partial charge in [-0.1, -0.05) is 0 Å². The number of rotatable bonds is 4. The summed E-state index contributed by atoms with van der Waals surface area (Å²) in [5.74, 6) is -0.921. The molecule has 9 heteroatoms. The van der Waals surface area contributed by atoms with Crippen LogP contribution in [0.3, 0.4) is 0 Å². The number of nitrogens with zero attached hydrogens (tertiary/aromatic N) is 1. The summed E-state index contributed by atoms with van der Waals surface area (Å²) in [4.78, 5) is 38.1. The molecular formula is C17H24N2O6S. The highest BCUT2D eigenvalue weighted by molar-refractivity contribution is 8.00. The van der Waals surface area contributed by atoms with Gasteiger partial charge in [0.15, 0.2) is 0 Å². The SMILES string of the molecule is CC(C)(C)C(=O)OCOC(=O)C1=C(C2CCCO2)CS[C@@H]2[C@H](N)C(=O)N12. The lowest BCUT2D eigenvalue weighted by Gasteiger charge is -2.48. The highest BCUT2D eigenvalue weighted by Crippen LogP contribution is 2.42. The van der Waals surface area contributed by atoms with Gasteiger partial charge in [0.1, 0.15) is 17.1 Å². The molecule has 2 fully saturated rings. The van der Waals surface area contributed by atoms with Crippen LogP contribution in [0.1, 0.15) is 33.6 Å². The van der Waals surface area contributed by atoms with Gasteiger partial charge >= 0.3 is 11.9 Å². The zero-order valence-corrected chi connectivity index (χ0v) is 16.0. The van der Waals surface area contributed by atoms with Crippen molar-refractivity contribution >= 4 is 29.6 Å². The lowest BCUT2D eigenvalue weighted by molar-refractivity contribution is -0.173. The van der Waals surface area contributed by atoms with Crippen molar-refractivity contribution in [1.29, 1.82) is 0 Å². The Bertz CT molecular complexity index is 650. The molecule has 8 nitrogen and oxygen atoms in total. The van der Waals surface area contributed by atoms with Crippen LogP contribution < -0.4 is 5.73 Å². The Balaban J connectivity index is 1.74. The quantitative estimate of drug-likeness (QED) is 0.430. The maximum Gasteiger partial charge on any atom is 0.358 e. The van der Waals surface area contributed by atoms with Gasteiger partial charge in [0.2, 0.25) is 12.7 Å². The minimum atomic E-state index is -0.693. The van der Waals surface area contributed by atoms with Crippen LogP contribution in [-0.2, 0) is 28.6 Å². The van der Waals surface area contributed by atoms with Crippen LogP contribution in [-0.4, -0.2) is 59.4 Å². The molecule has 0 aromatic heterocycles. The molecule has 3 rings (SSSR count). The van der Waals surface area contributed by atoms with Crippen molar-refractivity contribution < 1.29 is 28.6 Å². The van der Waals surface area contributed by atoms with Gasteiger partial charge in [0.25, 0.3) is 0 Å². The Morgan fingerprint density at radius 3 is 2.69 bits per heavy atom. The van der Waals surface area contributed by atoms with Crippen molar-refractivity contribution in [1.82, 2.24) is 4.90 Å². The Labute approximate surface area is 156 Å². The molecule has 2 N–H and O–H groups in total. The van der Waals surface area contributed by atoms with Crippen LogP contribution in [0.2, 0.25) is 0 Å². The summed E-state index contributed by atoms with van der Waals surface area (Å²) in [6.07, 6.45) is 1.50. The molecule has 26 heavy (non-hydrogen) atoms. The number of fused-ring (bicyclic) bond motifs is 1. The first kappa shape index (κ1) is 19.2. The first-order valence-electron chi connectivity index (χ1n) is 8.61. The fraction of sp³-hybridized carbons (Fsp3) is 0.706. The third-order valence-corrected chi connectivity index (χ3v) is 5.87. The van der Waals surface area contributed by atoms with Crippen LogP contribution in [0, 0.1) is 5.41 Å². The maximum absolute atomic E-state index is 12.7. The minimum Gasteiger partial charge on any atom is -0.427 e. The Kier molecular flexibility index (Phi) is 5.32. The summed E-state index contributed by atoms with van der Waals surface area (Å²) in [6, 6.07) is -0.618. The Hall–Kier alpha value is -1.58. The molecule has 3 heterocycles. The van der Waals surface area contributed by atoms with Crippen molar-refractivity contribution in [3.8, 4) is 0 Å². The van der Waals surface area contributed by atoms with Crippen LogP contribution >= 0.6 is 11.8 Å². The summed E-state index contributed by atoms with van der Waals surface area (Å²) in [7, 11) is 0. The third kappa shape index (κ3) is 3.47. The van der Waals surface area contributed by atoms with Crippen LogP contribution in [0.15, 0.2) is 11.3 Å². The molecular weight excluding hydrogens is 360 g/mol. The Morgan fingerprint density at radius 2 is 2.08 bits per heavy atom. The van der Waals surface area contributed by atoms with Crippen molar-refractivity contribution in [2.45, 2.75) is 51.1 Å². The number of carbonyl (C=O) groups is 3. The van der Waals surface area contributed by atoms with E-state index < -0.39 is 30.2 Å². The van der Waals surface area contributed by atoms with Crippen molar-refractivity contribution in [3.05, 3.63) is 11.3 Å². The van der Waals surface area contributed by atoms with Gasteiger partial charge in [0, 0.05) is 12.4 Å². The molecule has 144 valence electrons. The minimum absolute atomic E-state index is 0.194. The summed E-state index contributed by atoms with van der Waals surface area (Å²) >= 11 is 1.52. The summed E-state index contributed by atoms with van der Waals surface area (Å²) < 4.78 is 15.8. The molecule has 3 aliphatic rings. The molecule has 0 radical (unpaired) electrons. The van der Waals surface area contributed by atoms with E-state index in [0.717, 1.165) is 18.4 Å². The predicted molar refractivity (Wildman–Crippen MR) is 93.6 cm³/mol. The molecule has 3 atom stereocenters. The second-order valence-electron chi connectivity index (χ2n) is 7.54. The van der Waals surface area contributed by atoms with E-state index in [9.17, 15) is 14.4 Å². The van der Waals surface area contributed by atoms with E-state index in [-0.39, 0.29) is 23.1 Å². The van der Waals surface area contributed by atoms with Gasteiger partial charge in [-0.25, -0.2) is 4.79 Å². The average Bonchev–Trinajstić information content (AvgIpc) is 3.13. The number of hydrogen-bond acceptors (Lipinski definition) is 8. The van der Waals surface area contributed by atoms with Crippen molar-refractivity contribution in [2.24, 2.45) is 11.1 Å². The summed E-state index contributed by atoms with van der Waals surface area (Å²) in [5, 5.41) is -0.271. The molecule has 0 spiro atoms. The van der Waals surface area contributed by atoms with Crippen LogP contribution in [0.4, 0.5) is 0 Å². The van der Waals surface area contributed by atoms with E-state index in [1.807, 2.05) is 0 Å². The van der Waals surface area contributed by atoms with E-state index in [2.05, 4.69) is 0 Å². The van der Waals surface area contributed by atoms with Gasteiger partial charge in [0.05, 0.1) is 11.5 Å². The lowest BCUT2D eigenvalue weighted by atomic mass is 9.98. The van der Waals surface area contributed by atoms with Gasteiger partial charge in [-0.3, -0.25) is 14.5 Å². The second-order valence-corrected chi connectivity index (χ2v) is 8.65. The standard InChI is InChI=1S/C17H24N2O6S/c1-17(2,3)16(22)25-8-24-15(21)12-9(10-5-4-6-23-10)7-26-14-11(18)13(20)19(12)14/h10-11,14H,4-8,18H2,1-3H3/t10?,11-,14-/m1/s1. The Morgan fingerprint density at radius 1 is 1.35 bits per heavy atom. The smallest absolute Gasteiger partial charge is 0.358 e. The largest absolute Gasteiger partial charge is 0.427 e. The first-order valence-corrected chi connectivity index (χ1v) is 9.66. The van der Waals surface area contributed by atoms with Gasteiger partial charge in [-0.15, -0.1) is 11.8 Å². The summed E-state index contributed by atoms with van der Waals surface area (Å²) in [6.45, 7) is 5.25. The number of ether oxygens (including phenoxy) is 3. The monoisotopic (exact) mass is 384 g/mol. The summed E-state index contributed by atoms with van der Waals surface area (Å²) in [5.41, 5.74) is 6.09. The lowest BCUT2D eigenvalue weighted by Crippen LogP contribution is -2.68. The zero-order chi connectivity index (χ0) is 19.1. The fourth-order valence-electron chi connectivity index (χ4n) is 3.05. The number of nitrogens with two attached hydrogens (primary N) is 1. The van der Waals surface area contributed by atoms with E-state index in [4.69, 9.17) is 19.9 Å². The van der Waals surface area contributed by atoms with E-state index >= 15 is 0 Å². The third-order valence-electron chi connectivity index (χ3n) is 4.54. The van der Waals surface area contributed by atoms with Gasteiger partial charge < -0.3 is 19.9 Å². The van der Waals surface area contributed by atoms with Gasteiger partial charge in [-0.2, -0.15) is 0 Å². The molecule has 0 saturated carbocycles. The highest BCUT2D eigenvalue weighted by Gasteiger charge is 2.53. The predicted octanol–water partition coefficient (Wildman–Crippen LogP) is 0.752. The molecule has 0 aromatic rings. The van der Waals surface area contributed by atoms with Crippen LogP contribution in [0.25, 0.3) is 0 Å². The molecule has 2 saturated heterocycles. The number of β-lactam (4-membered cyclic amide) rings is 1. The van der Waals surface area contributed by atoms with E-state index in [0.29, 0.717) is 12.4 Å². The topological polar surface area (TPSA) is 108 Å². The number of esters is 2. The molecule has 0 aliphatic carbocycles. The average molecular weight is 384 g/mol. The number of thioether (sulfide) groups is 1. The normalized spacial score (nSPS) is 28.5. The molecule has 1 unspecified atom stereocenters. The van der Waals surface area contributed by atoms with Crippen LogP contribution in [0.5, 0.6) is 0 Å². The van der Waals surface area contributed by atoms with Crippen molar-refractivity contribution in [3.63, 3.8) is 0 Å². The number of carbonyl (C=O) groups excluding carboxylic acids is 3. The maximum atomic E-state index is 12.7. The number of amides is 1. The molecule has 0 aromatic carbocycles. The number of hydrogen-bond donors (Lipinski definition) is 1.